The molecule has 0 radical (unpaired) electrons. The van der Waals surface area contributed by atoms with E-state index in [9.17, 15) is 14.4 Å². The molecule has 0 saturated carbocycles. The number of nitrogens with two attached hydrogens (primary N) is 2. The molecular weight excluding hydrogens is 312 g/mol. The van der Waals surface area contributed by atoms with Gasteiger partial charge in [-0.3, -0.25) is 14.4 Å². The van der Waals surface area contributed by atoms with E-state index in [1.54, 1.807) is 9.80 Å². The number of rotatable bonds is 6. The number of ether oxygens (including phenoxy) is 1. The molecule has 0 aromatic carbocycles. The van der Waals surface area contributed by atoms with E-state index in [1.807, 2.05) is 13.8 Å². The first-order chi connectivity index (χ1) is 11.4. The number of amides is 3. The first kappa shape index (κ1) is 18.7. The summed E-state index contributed by atoms with van der Waals surface area (Å²) in [7, 11) is 0. The summed E-state index contributed by atoms with van der Waals surface area (Å²) in [6, 6.07) is -1.52. The van der Waals surface area contributed by atoms with Crippen LogP contribution in [0.1, 0.15) is 26.7 Å². The van der Waals surface area contributed by atoms with Crippen molar-refractivity contribution in [3.63, 3.8) is 0 Å². The largest absolute Gasteiger partial charge is 0.378 e. The molecule has 8 heteroatoms. The molecule has 24 heavy (non-hydrogen) atoms. The predicted octanol–water partition coefficient (Wildman–Crippen LogP) is -1.08. The average Bonchev–Trinajstić information content (AvgIpc) is 2.96. The molecule has 1 unspecified atom stereocenters. The summed E-state index contributed by atoms with van der Waals surface area (Å²) >= 11 is 0. The van der Waals surface area contributed by atoms with Crippen molar-refractivity contribution in [1.29, 1.82) is 0 Å². The SMILES string of the molecule is CC[C@H](C)[C@@H](C(=O)N1CCOCC1)N1CC[C@@H](C(N)C(N)=O)C1=O. The first-order valence-electron chi connectivity index (χ1n) is 8.60. The molecular formula is C16H28N4O4. The van der Waals surface area contributed by atoms with Crippen LogP contribution in [-0.2, 0) is 19.1 Å². The van der Waals surface area contributed by atoms with Gasteiger partial charge in [0.1, 0.15) is 6.04 Å². The van der Waals surface area contributed by atoms with Gasteiger partial charge in [0.25, 0.3) is 0 Å². The number of primary amides is 1. The summed E-state index contributed by atoms with van der Waals surface area (Å²) in [6.07, 6.45) is 1.23. The first-order valence-corrected chi connectivity index (χ1v) is 8.60. The van der Waals surface area contributed by atoms with E-state index in [0.29, 0.717) is 39.3 Å². The summed E-state index contributed by atoms with van der Waals surface area (Å²) in [5, 5.41) is 0. The number of carbonyl (C=O) groups is 3. The highest BCUT2D eigenvalue weighted by atomic mass is 16.5. The minimum absolute atomic E-state index is 0.0212. The highest BCUT2D eigenvalue weighted by molar-refractivity contribution is 5.93. The van der Waals surface area contributed by atoms with Crippen LogP contribution in [0.25, 0.3) is 0 Å². The Hall–Kier alpha value is -1.67. The third-order valence-corrected chi connectivity index (χ3v) is 5.14. The summed E-state index contributed by atoms with van der Waals surface area (Å²) in [6.45, 7) is 6.50. The van der Waals surface area contributed by atoms with E-state index in [1.165, 1.54) is 0 Å². The molecule has 8 nitrogen and oxygen atoms in total. The fourth-order valence-corrected chi connectivity index (χ4v) is 3.41. The van der Waals surface area contributed by atoms with Crippen molar-refractivity contribution in [2.45, 2.75) is 38.8 Å². The molecule has 2 rings (SSSR count). The zero-order valence-corrected chi connectivity index (χ0v) is 14.4. The number of likely N-dealkylation sites (tertiary alicyclic amines) is 1. The van der Waals surface area contributed by atoms with Crippen LogP contribution in [0.5, 0.6) is 0 Å². The lowest BCUT2D eigenvalue weighted by molar-refractivity contribution is -0.150. The molecule has 4 N–H and O–H groups in total. The van der Waals surface area contributed by atoms with Crippen LogP contribution < -0.4 is 11.5 Å². The van der Waals surface area contributed by atoms with Crippen LogP contribution in [0.15, 0.2) is 0 Å². The normalized spacial score (nSPS) is 25.5. The molecule has 2 saturated heterocycles. The fraction of sp³-hybridized carbons (Fsp3) is 0.812. The Morgan fingerprint density at radius 1 is 1.29 bits per heavy atom. The Labute approximate surface area is 142 Å². The van der Waals surface area contributed by atoms with E-state index in [4.69, 9.17) is 16.2 Å². The van der Waals surface area contributed by atoms with Crippen LogP contribution in [0.3, 0.4) is 0 Å². The Balaban J connectivity index is 2.17. The van der Waals surface area contributed by atoms with Crippen LogP contribution >= 0.6 is 0 Å². The van der Waals surface area contributed by atoms with Gasteiger partial charge in [-0.05, 0) is 12.3 Å². The smallest absolute Gasteiger partial charge is 0.245 e. The number of carbonyl (C=O) groups excluding carboxylic acids is 3. The van der Waals surface area contributed by atoms with Gasteiger partial charge >= 0.3 is 0 Å². The fourth-order valence-electron chi connectivity index (χ4n) is 3.41. The van der Waals surface area contributed by atoms with Crippen LogP contribution in [0.2, 0.25) is 0 Å². The molecule has 2 fully saturated rings. The number of hydrogen-bond acceptors (Lipinski definition) is 5. The third-order valence-electron chi connectivity index (χ3n) is 5.14. The quantitative estimate of drug-likeness (QED) is 0.637. The number of morpholine rings is 1. The highest BCUT2D eigenvalue weighted by Gasteiger charge is 2.45. The third kappa shape index (κ3) is 3.70. The van der Waals surface area contributed by atoms with Crippen molar-refractivity contribution in [1.82, 2.24) is 9.80 Å². The van der Waals surface area contributed by atoms with E-state index < -0.39 is 23.9 Å². The van der Waals surface area contributed by atoms with Crippen molar-refractivity contribution >= 4 is 17.7 Å². The zero-order valence-electron chi connectivity index (χ0n) is 14.4. The van der Waals surface area contributed by atoms with Gasteiger partial charge in [-0.15, -0.1) is 0 Å². The van der Waals surface area contributed by atoms with Crippen LogP contribution in [0.4, 0.5) is 0 Å². The lowest BCUT2D eigenvalue weighted by atomic mass is 9.95. The molecule has 0 aromatic heterocycles. The molecule has 0 aromatic rings. The van der Waals surface area contributed by atoms with Gasteiger partial charge in [0.15, 0.2) is 0 Å². The van der Waals surface area contributed by atoms with Gasteiger partial charge < -0.3 is 26.0 Å². The molecule has 136 valence electrons. The van der Waals surface area contributed by atoms with Gasteiger partial charge in [0.05, 0.1) is 25.2 Å². The average molecular weight is 340 g/mol. The second-order valence-corrected chi connectivity index (χ2v) is 6.62. The van der Waals surface area contributed by atoms with Crippen LogP contribution in [-0.4, -0.2) is 72.5 Å². The maximum absolute atomic E-state index is 13.0. The monoisotopic (exact) mass is 340 g/mol. The maximum atomic E-state index is 13.0. The number of hydrogen-bond donors (Lipinski definition) is 2. The van der Waals surface area contributed by atoms with Crippen molar-refractivity contribution in [3.8, 4) is 0 Å². The maximum Gasteiger partial charge on any atom is 0.245 e. The van der Waals surface area contributed by atoms with Crippen molar-refractivity contribution in [2.75, 3.05) is 32.8 Å². The van der Waals surface area contributed by atoms with E-state index in [0.717, 1.165) is 6.42 Å². The lowest BCUT2D eigenvalue weighted by Gasteiger charge is -2.37. The summed E-state index contributed by atoms with van der Waals surface area (Å²) in [4.78, 5) is 40.4. The van der Waals surface area contributed by atoms with Gasteiger partial charge in [0.2, 0.25) is 17.7 Å². The van der Waals surface area contributed by atoms with Crippen LogP contribution in [0, 0.1) is 11.8 Å². The van der Waals surface area contributed by atoms with E-state index in [2.05, 4.69) is 0 Å². The molecule has 2 aliphatic heterocycles. The molecule has 2 aliphatic rings. The minimum Gasteiger partial charge on any atom is -0.378 e. The van der Waals surface area contributed by atoms with Crippen molar-refractivity contribution < 1.29 is 19.1 Å². The summed E-state index contributed by atoms with van der Waals surface area (Å²) in [5.74, 6) is -1.59. The Morgan fingerprint density at radius 2 is 1.92 bits per heavy atom. The summed E-state index contributed by atoms with van der Waals surface area (Å²) in [5.41, 5.74) is 11.0. The highest BCUT2D eigenvalue weighted by Crippen LogP contribution is 2.28. The Bertz CT molecular complexity index is 492. The van der Waals surface area contributed by atoms with E-state index in [-0.39, 0.29) is 17.7 Å². The Kier molecular flexibility index (Phi) is 6.17. The van der Waals surface area contributed by atoms with Gasteiger partial charge in [-0.2, -0.15) is 0 Å². The topological polar surface area (TPSA) is 119 Å². The van der Waals surface area contributed by atoms with Gasteiger partial charge in [0, 0.05) is 19.6 Å². The molecule has 2 heterocycles. The second-order valence-electron chi connectivity index (χ2n) is 6.62. The Morgan fingerprint density at radius 3 is 2.46 bits per heavy atom. The zero-order chi connectivity index (χ0) is 17.9. The van der Waals surface area contributed by atoms with Crippen molar-refractivity contribution in [3.05, 3.63) is 0 Å². The lowest BCUT2D eigenvalue weighted by Crippen LogP contribution is -2.56. The second kappa shape index (κ2) is 7.94. The van der Waals surface area contributed by atoms with E-state index >= 15 is 0 Å². The standard InChI is InChI=1S/C16H28N4O4/c1-3-10(2)13(16(23)19-6-8-24-9-7-19)20-5-4-11(15(20)22)12(17)14(18)21/h10-13H,3-9,17H2,1-2H3,(H2,18,21)/t10-,11-,12?,13-/m0/s1. The molecule has 3 amide bonds. The minimum atomic E-state index is -1.00. The molecule has 0 spiro atoms. The number of nitrogens with zero attached hydrogens (tertiary/aromatic N) is 2. The van der Waals surface area contributed by atoms with Gasteiger partial charge in [-0.25, -0.2) is 0 Å². The predicted molar refractivity (Wildman–Crippen MR) is 87.6 cm³/mol. The molecule has 4 atom stereocenters. The van der Waals surface area contributed by atoms with Crippen molar-refractivity contribution in [2.24, 2.45) is 23.3 Å². The molecule has 0 bridgehead atoms. The summed E-state index contributed by atoms with van der Waals surface area (Å²) < 4.78 is 5.30. The molecule has 0 aliphatic carbocycles. The van der Waals surface area contributed by atoms with Gasteiger partial charge in [-0.1, -0.05) is 20.3 Å².